The normalized spacial score (nSPS) is 13.1. The maximum Gasteiger partial charge on any atom is 0.0456 e. The van der Waals surface area contributed by atoms with Crippen LogP contribution in [0.3, 0.4) is 0 Å². The monoisotopic (exact) mass is 242 g/mol. The summed E-state index contributed by atoms with van der Waals surface area (Å²) in [6, 6.07) is 8.48. The Morgan fingerprint density at radius 3 is 2.78 bits per heavy atom. The van der Waals surface area contributed by atoms with Crippen molar-refractivity contribution in [3.63, 3.8) is 0 Å². The highest BCUT2D eigenvalue weighted by molar-refractivity contribution is 5.83. The van der Waals surface area contributed by atoms with Gasteiger partial charge < -0.3 is 10.7 Å². The molecule has 0 saturated carbocycles. The van der Waals surface area contributed by atoms with Crippen LogP contribution in [-0.2, 0) is 6.42 Å². The lowest BCUT2D eigenvalue weighted by Gasteiger charge is -2.17. The van der Waals surface area contributed by atoms with Crippen molar-refractivity contribution < 1.29 is 0 Å². The molecule has 1 unspecified atom stereocenters. The number of para-hydroxylation sites is 1. The predicted octanol–water partition coefficient (Wildman–Crippen LogP) is 3.64. The Labute approximate surface area is 109 Å². The second kappa shape index (κ2) is 5.40. The predicted molar refractivity (Wildman–Crippen MR) is 78.6 cm³/mol. The Kier molecular flexibility index (Phi) is 3.87. The van der Waals surface area contributed by atoms with Crippen LogP contribution >= 0.6 is 0 Å². The van der Waals surface area contributed by atoms with Gasteiger partial charge in [-0.05, 0) is 30.4 Å². The standard InChI is InChI=1S/C16H22N2/c1-11(2)12(3)15(17)9-8-13-10-18-16-7-5-4-6-14(13)16/h4-7,10-11,15,18H,3,8-9,17H2,1-2H3. The maximum absolute atomic E-state index is 6.17. The van der Waals surface area contributed by atoms with Gasteiger partial charge >= 0.3 is 0 Å². The quantitative estimate of drug-likeness (QED) is 0.772. The van der Waals surface area contributed by atoms with Crippen LogP contribution in [0.1, 0.15) is 25.8 Å². The van der Waals surface area contributed by atoms with Crippen LogP contribution in [-0.4, -0.2) is 11.0 Å². The molecule has 0 amide bonds. The molecule has 0 fully saturated rings. The first kappa shape index (κ1) is 12.9. The van der Waals surface area contributed by atoms with Gasteiger partial charge in [0.05, 0.1) is 0 Å². The summed E-state index contributed by atoms with van der Waals surface area (Å²) in [6.07, 6.45) is 4.05. The Bertz CT molecular complexity index is 537. The van der Waals surface area contributed by atoms with Crippen molar-refractivity contribution in [1.29, 1.82) is 0 Å². The first-order chi connectivity index (χ1) is 8.59. The zero-order valence-electron chi connectivity index (χ0n) is 11.2. The highest BCUT2D eigenvalue weighted by Gasteiger charge is 2.11. The minimum absolute atomic E-state index is 0.0960. The molecule has 0 aliphatic rings. The lowest BCUT2D eigenvalue weighted by atomic mass is 9.93. The van der Waals surface area contributed by atoms with E-state index in [9.17, 15) is 0 Å². The van der Waals surface area contributed by atoms with E-state index < -0.39 is 0 Å². The van der Waals surface area contributed by atoms with Gasteiger partial charge in [-0.2, -0.15) is 0 Å². The second-order valence-corrected chi connectivity index (χ2v) is 5.23. The fourth-order valence-corrected chi connectivity index (χ4v) is 2.26. The van der Waals surface area contributed by atoms with Crippen molar-refractivity contribution in [1.82, 2.24) is 4.98 Å². The van der Waals surface area contributed by atoms with Crippen molar-refractivity contribution in [2.24, 2.45) is 11.7 Å². The van der Waals surface area contributed by atoms with Crippen LogP contribution in [0, 0.1) is 5.92 Å². The van der Waals surface area contributed by atoms with Crippen molar-refractivity contribution in [2.75, 3.05) is 0 Å². The summed E-state index contributed by atoms with van der Waals surface area (Å²) in [7, 11) is 0. The zero-order chi connectivity index (χ0) is 13.1. The highest BCUT2D eigenvalue weighted by atomic mass is 14.7. The molecule has 1 atom stereocenters. The summed E-state index contributed by atoms with van der Waals surface area (Å²) in [5.74, 6) is 0.461. The summed E-state index contributed by atoms with van der Waals surface area (Å²) < 4.78 is 0. The van der Waals surface area contributed by atoms with Gasteiger partial charge in [0.2, 0.25) is 0 Å². The first-order valence-electron chi connectivity index (χ1n) is 6.59. The van der Waals surface area contributed by atoms with E-state index in [0.29, 0.717) is 5.92 Å². The molecule has 1 heterocycles. The number of aromatic nitrogens is 1. The SMILES string of the molecule is C=C(C(C)C)C(N)CCc1c[nH]c2ccccc12. The number of fused-ring (bicyclic) bond motifs is 1. The summed E-state index contributed by atoms with van der Waals surface area (Å²) in [6.45, 7) is 8.38. The third-order valence-electron chi connectivity index (χ3n) is 3.62. The molecule has 96 valence electrons. The zero-order valence-corrected chi connectivity index (χ0v) is 11.2. The number of aromatic amines is 1. The van der Waals surface area contributed by atoms with Gasteiger partial charge in [-0.1, -0.05) is 44.2 Å². The van der Waals surface area contributed by atoms with Gasteiger partial charge in [0.1, 0.15) is 0 Å². The molecule has 0 radical (unpaired) electrons. The van der Waals surface area contributed by atoms with Crippen molar-refractivity contribution in [2.45, 2.75) is 32.7 Å². The Morgan fingerprint density at radius 1 is 1.33 bits per heavy atom. The molecule has 2 aromatic rings. The highest BCUT2D eigenvalue weighted by Crippen LogP contribution is 2.21. The van der Waals surface area contributed by atoms with E-state index in [2.05, 4.69) is 55.9 Å². The maximum atomic E-state index is 6.17. The van der Waals surface area contributed by atoms with Gasteiger partial charge in [-0.25, -0.2) is 0 Å². The summed E-state index contributed by atoms with van der Waals surface area (Å²) in [4.78, 5) is 3.30. The molecule has 0 aliphatic heterocycles. The largest absolute Gasteiger partial charge is 0.361 e. The number of rotatable bonds is 5. The summed E-state index contributed by atoms with van der Waals surface area (Å²) in [5, 5.41) is 1.31. The number of H-pyrrole nitrogens is 1. The molecule has 2 nitrogen and oxygen atoms in total. The minimum atomic E-state index is 0.0960. The van der Waals surface area contributed by atoms with E-state index in [1.54, 1.807) is 0 Å². The number of nitrogens with one attached hydrogen (secondary N) is 1. The Morgan fingerprint density at radius 2 is 2.06 bits per heavy atom. The molecule has 0 bridgehead atoms. The van der Waals surface area contributed by atoms with E-state index in [-0.39, 0.29) is 6.04 Å². The molecule has 2 heteroatoms. The van der Waals surface area contributed by atoms with E-state index in [1.165, 1.54) is 16.5 Å². The Balaban J connectivity index is 2.04. The van der Waals surface area contributed by atoms with Crippen LogP contribution in [0.4, 0.5) is 0 Å². The van der Waals surface area contributed by atoms with E-state index in [1.807, 2.05) is 0 Å². The smallest absolute Gasteiger partial charge is 0.0456 e. The molecule has 2 rings (SSSR count). The molecule has 0 spiro atoms. The lowest BCUT2D eigenvalue weighted by molar-refractivity contribution is 0.608. The van der Waals surface area contributed by atoms with Crippen molar-refractivity contribution in [3.05, 3.63) is 48.2 Å². The second-order valence-electron chi connectivity index (χ2n) is 5.23. The summed E-state index contributed by atoms with van der Waals surface area (Å²) in [5.41, 5.74) is 9.86. The third kappa shape index (κ3) is 2.65. The average molecular weight is 242 g/mol. The molecule has 1 aromatic heterocycles. The topological polar surface area (TPSA) is 41.8 Å². The molecule has 0 aliphatic carbocycles. The molecule has 3 N–H and O–H groups in total. The minimum Gasteiger partial charge on any atom is -0.361 e. The number of hydrogen-bond donors (Lipinski definition) is 2. The van der Waals surface area contributed by atoms with E-state index in [4.69, 9.17) is 5.73 Å². The van der Waals surface area contributed by atoms with E-state index >= 15 is 0 Å². The van der Waals surface area contributed by atoms with Crippen LogP contribution in [0.5, 0.6) is 0 Å². The Hall–Kier alpha value is -1.54. The first-order valence-corrected chi connectivity index (χ1v) is 6.59. The number of aryl methyl sites for hydroxylation is 1. The van der Waals surface area contributed by atoms with Crippen LogP contribution < -0.4 is 5.73 Å². The third-order valence-corrected chi connectivity index (χ3v) is 3.62. The fraction of sp³-hybridized carbons (Fsp3) is 0.375. The number of hydrogen-bond acceptors (Lipinski definition) is 1. The summed E-state index contributed by atoms with van der Waals surface area (Å²) >= 11 is 0. The number of benzene rings is 1. The number of nitrogens with two attached hydrogens (primary N) is 1. The van der Waals surface area contributed by atoms with Gasteiger partial charge in [-0.3, -0.25) is 0 Å². The molecule has 18 heavy (non-hydrogen) atoms. The van der Waals surface area contributed by atoms with Crippen LogP contribution in [0.15, 0.2) is 42.6 Å². The van der Waals surface area contributed by atoms with Gasteiger partial charge in [0.25, 0.3) is 0 Å². The van der Waals surface area contributed by atoms with Crippen molar-refractivity contribution >= 4 is 10.9 Å². The average Bonchev–Trinajstić information content (AvgIpc) is 2.78. The fourth-order valence-electron chi connectivity index (χ4n) is 2.26. The molecule has 0 saturated heterocycles. The van der Waals surface area contributed by atoms with Crippen LogP contribution in [0.2, 0.25) is 0 Å². The molecular formula is C16H22N2. The van der Waals surface area contributed by atoms with Gasteiger partial charge in [0.15, 0.2) is 0 Å². The van der Waals surface area contributed by atoms with Crippen molar-refractivity contribution in [3.8, 4) is 0 Å². The van der Waals surface area contributed by atoms with E-state index in [0.717, 1.165) is 18.4 Å². The lowest BCUT2D eigenvalue weighted by Crippen LogP contribution is -2.25. The van der Waals surface area contributed by atoms with Gasteiger partial charge in [0, 0.05) is 23.1 Å². The molecule has 1 aromatic carbocycles. The van der Waals surface area contributed by atoms with Gasteiger partial charge in [-0.15, -0.1) is 0 Å². The van der Waals surface area contributed by atoms with Crippen LogP contribution in [0.25, 0.3) is 10.9 Å². The molecular weight excluding hydrogens is 220 g/mol.